The zero-order valence-electron chi connectivity index (χ0n) is 18.0. The number of benzene rings is 1. The lowest BCUT2D eigenvalue weighted by Gasteiger charge is -2.28. The molecule has 6 nitrogen and oxygen atoms in total. The van der Waals surface area contributed by atoms with Crippen LogP contribution in [0.25, 0.3) is 11.4 Å². The number of hydrogen-bond donors (Lipinski definition) is 1. The average Bonchev–Trinajstić information content (AvgIpc) is 3.37. The van der Waals surface area contributed by atoms with E-state index in [0.29, 0.717) is 25.0 Å². The molecule has 2 aromatic heterocycles. The van der Waals surface area contributed by atoms with Crippen molar-refractivity contribution < 1.29 is 26.8 Å². The molecule has 0 spiro atoms. The van der Waals surface area contributed by atoms with E-state index in [1.807, 2.05) is 13.8 Å². The molecule has 1 fully saturated rings. The van der Waals surface area contributed by atoms with E-state index < -0.39 is 23.7 Å². The highest BCUT2D eigenvalue weighted by Gasteiger charge is 2.42. The molecule has 33 heavy (non-hydrogen) atoms. The first-order valence-electron chi connectivity index (χ1n) is 10.7. The van der Waals surface area contributed by atoms with Gasteiger partial charge in [-0.05, 0) is 51.2 Å². The number of ether oxygens (including phenoxy) is 1. The molecule has 1 aliphatic carbocycles. The first kappa shape index (κ1) is 23.5. The van der Waals surface area contributed by atoms with Gasteiger partial charge >= 0.3 is 11.9 Å². The smallest absolute Gasteiger partial charge is 0.439 e. The molecule has 178 valence electrons. The van der Waals surface area contributed by atoms with Gasteiger partial charge in [0, 0.05) is 12.0 Å². The second kappa shape index (κ2) is 9.28. The first-order valence-corrected chi connectivity index (χ1v) is 11.5. The fourth-order valence-electron chi connectivity index (χ4n) is 4.16. The molecule has 1 unspecified atom stereocenters. The molecule has 1 aliphatic rings. The maximum absolute atomic E-state index is 14.6. The van der Waals surface area contributed by atoms with E-state index in [-0.39, 0.29) is 36.3 Å². The Morgan fingerprint density at radius 3 is 2.58 bits per heavy atom. The van der Waals surface area contributed by atoms with Crippen LogP contribution in [0.1, 0.15) is 66.6 Å². The summed E-state index contributed by atoms with van der Waals surface area (Å²) in [6.45, 7) is 3.79. The third-order valence-corrected chi connectivity index (χ3v) is 7.38. The highest BCUT2D eigenvalue weighted by Crippen LogP contribution is 2.45. The van der Waals surface area contributed by atoms with Gasteiger partial charge in [0.2, 0.25) is 0 Å². The topological polar surface area (TPSA) is 81.0 Å². The van der Waals surface area contributed by atoms with Crippen molar-refractivity contribution in [2.75, 3.05) is 0 Å². The molecule has 11 heteroatoms. The molecule has 0 saturated heterocycles. The zero-order chi connectivity index (χ0) is 23.8. The predicted molar refractivity (Wildman–Crippen MR) is 114 cm³/mol. The molecule has 2 heterocycles. The average molecular weight is 486 g/mol. The number of hydrogen-bond acceptors (Lipinski definition) is 6. The standard InChI is InChI=1S/C22H23F4N3O3S/c1-3-17(31-14-8-9-15(16(23)10-14)19-28-21(30)32-29-19)18-11(2)27-20(33-18)12-4-6-13(7-5-12)22(24,25)26/h8-10,12-13,17H,3-7H2,1-2H3,(H,28,29,30)/t12-,13-,17?. The van der Waals surface area contributed by atoms with Crippen LogP contribution >= 0.6 is 11.3 Å². The van der Waals surface area contributed by atoms with E-state index in [1.165, 1.54) is 23.5 Å². The van der Waals surface area contributed by atoms with Gasteiger partial charge in [-0.25, -0.2) is 14.2 Å². The van der Waals surface area contributed by atoms with E-state index in [0.717, 1.165) is 15.6 Å². The minimum Gasteiger partial charge on any atom is -0.485 e. The number of aromatic nitrogens is 3. The minimum atomic E-state index is -4.14. The molecule has 0 radical (unpaired) electrons. The van der Waals surface area contributed by atoms with Gasteiger partial charge in [-0.3, -0.25) is 9.51 Å². The largest absolute Gasteiger partial charge is 0.485 e. The van der Waals surface area contributed by atoms with Crippen LogP contribution in [-0.4, -0.2) is 21.3 Å². The lowest BCUT2D eigenvalue weighted by molar-refractivity contribution is -0.182. The van der Waals surface area contributed by atoms with Crippen molar-refractivity contribution in [1.29, 1.82) is 0 Å². The van der Waals surface area contributed by atoms with Gasteiger partial charge in [0.25, 0.3) is 0 Å². The van der Waals surface area contributed by atoms with Crippen LogP contribution in [0.3, 0.4) is 0 Å². The molecule has 1 N–H and O–H groups in total. The molecular formula is C22H23F4N3O3S. The summed E-state index contributed by atoms with van der Waals surface area (Å²) in [4.78, 5) is 18.9. The Morgan fingerprint density at radius 1 is 1.27 bits per heavy atom. The van der Waals surface area contributed by atoms with Crippen molar-refractivity contribution in [2.45, 2.75) is 64.1 Å². The fourth-order valence-corrected chi connectivity index (χ4v) is 5.51. The molecule has 1 saturated carbocycles. The number of aromatic amines is 1. The molecule has 4 rings (SSSR count). The Bertz CT molecular complexity index is 1160. The number of nitrogens with zero attached hydrogens (tertiary/aromatic N) is 2. The fraction of sp³-hybridized carbons (Fsp3) is 0.500. The van der Waals surface area contributed by atoms with E-state index >= 15 is 0 Å². The van der Waals surface area contributed by atoms with Crippen LogP contribution in [0.5, 0.6) is 5.75 Å². The Labute approximate surface area is 191 Å². The third kappa shape index (κ3) is 5.13. The maximum Gasteiger partial charge on any atom is 0.439 e. The molecule has 0 bridgehead atoms. The van der Waals surface area contributed by atoms with Crippen LogP contribution in [0.15, 0.2) is 27.5 Å². The quantitative estimate of drug-likeness (QED) is 0.415. The third-order valence-electron chi connectivity index (χ3n) is 5.97. The molecule has 0 aliphatic heterocycles. The Hall–Kier alpha value is -2.69. The van der Waals surface area contributed by atoms with Gasteiger partial charge in [0.1, 0.15) is 17.7 Å². The monoisotopic (exact) mass is 485 g/mol. The number of thiazole rings is 1. The Morgan fingerprint density at radius 2 is 2.00 bits per heavy atom. The number of halogens is 4. The van der Waals surface area contributed by atoms with Crippen molar-refractivity contribution in [2.24, 2.45) is 5.92 Å². The Kier molecular flexibility index (Phi) is 6.60. The summed E-state index contributed by atoms with van der Waals surface area (Å²) in [5, 5.41) is 4.32. The van der Waals surface area contributed by atoms with Crippen LogP contribution in [0.2, 0.25) is 0 Å². The van der Waals surface area contributed by atoms with E-state index in [1.54, 1.807) is 6.07 Å². The SMILES string of the molecule is CCC(Oc1ccc(-c2noc(=O)[nH]2)c(F)c1)c1sc([C@H]2CC[C@H](C(F)(F)F)CC2)nc1C. The molecule has 0 amide bonds. The highest BCUT2D eigenvalue weighted by atomic mass is 32.1. The molecule has 3 aromatic rings. The molecule has 1 aromatic carbocycles. The van der Waals surface area contributed by atoms with Gasteiger partial charge in [0.15, 0.2) is 5.82 Å². The number of H-pyrrole nitrogens is 1. The van der Waals surface area contributed by atoms with Crippen molar-refractivity contribution >= 4 is 11.3 Å². The summed E-state index contributed by atoms with van der Waals surface area (Å²) in [6, 6.07) is 4.22. The predicted octanol–water partition coefficient (Wildman–Crippen LogP) is 6.30. The first-order chi connectivity index (χ1) is 15.7. The number of rotatable bonds is 6. The van der Waals surface area contributed by atoms with E-state index in [9.17, 15) is 22.4 Å². The van der Waals surface area contributed by atoms with Crippen molar-refractivity contribution in [3.8, 4) is 17.1 Å². The van der Waals surface area contributed by atoms with Gasteiger partial charge in [-0.1, -0.05) is 12.1 Å². The minimum absolute atomic E-state index is 0.0138. The lowest BCUT2D eigenvalue weighted by atomic mass is 9.82. The van der Waals surface area contributed by atoms with E-state index in [2.05, 4.69) is 19.6 Å². The van der Waals surface area contributed by atoms with E-state index in [4.69, 9.17) is 4.74 Å². The van der Waals surface area contributed by atoms with Crippen LogP contribution in [-0.2, 0) is 0 Å². The number of alkyl halides is 3. The second-order valence-corrected chi connectivity index (χ2v) is 9.25. The Balaban J connectivity index is 1.48. The van der Waals surface area contributed by atoms with Gasteiger partial charge in [0.05, 0.1) is 27.1 Å². The number of aryl methyl sites for hydroxylation is 1. The summed E-state index contributed by atoms with van der Waals surface area (Å²) in [5.74, 6) is -2.34. The van der Waals surface area contributed by atoms with Crippen LogP contribution in [0.4, 0.5) is 17.6 Å². The van der Waals surface area contributed by atoms with Gasteiger partial charge in [-0.15, -0.1) is 11.3 Å². The normalized spacial score (nSPS) is 20.1. The summed E-state index contributed by atoms with van der Waals surface area (Å²) in [7, 11) is 0. The second-order valence-electron chi connectivity index (χ2n) is 8.19. The number of nitrogens with one attached hydrogen (secondary N) is 1. The summed E-state index contributed by atoms with van der Waals surface area (Å²) < 4.78 is 63.9. The summed E-state index contributed by atoms with van der Waals surface area (Å²) in [5.41, 5.74) is 0.851. The lowest BCUT2D eigenvalue weighted by Crippen LogP contribution is -2.27. The zero-order valence-corrected chi connectivity index (χ0v) is 18.9. The van der Waals surface area contributed by atoms with Gasteiger partial charge < -0.3 is 4.74 Å². The van der Waals surface area contributed by atoms with Crippen molar-refractivity contribution in [3.63, 3.8) is 0 Å². The van der Waals surface area contributed by atoms with Crippen molar-refractivity contribution in [3.05, 3.63) is 50.1 Å². The van der Waals surface area contributed by atoms with Crippen molar-refractivity contribution in [1.82, 2.24) is 15.1 Å². The van der Waals surface area contributed by atoms with Crippen LogP contribution in [0, 0.1) is 18.7 Å². The van der Waals surface area contributed by atoms with Crippen LogP contribution < -0.4 is 10.5 Å². The van der Waals surface area contributed by atoms with Gasteiger partial charge in [-0.2, -0.15) is 13.2 Å². The molecule has 1 atom stereocenters. The maximum atomic E-state index is 14.6. The molecular weight excluding hydrogens is 462 g/mol. The highest BCUT2D eigenvalue weighted by molar-refractivity contribution is 7.11. The summed E-state index contributed by atoms with van der Waals surface area (Å²) >= 11 is 1.46. The summed E-state index contributed by atoms with van der Waals surface area (Å²) in [6.07, 6.45) is -2.74.